The van der Waals surface area contributed by atoms with Gasteiger partial charge in [-0.2, -0.15) is 9.77 Å². The van der Waals surface area contributed by atoms with Gasteiger partial charge in [-0.15, -0.1) is 15.3 Å². The smallest absolute Gasteiger partial charge is 0.272 e. The van der Waals surface area contributed by atoms with E-state index in [0.29, 0.717) is 11.8 Å². The van der Waals surface area contributed by atoms with E-state index in [4.69, 9.17) is 15.5 Å². The average Bonchev–Trinajstić information content (AvgIpc) is 3.54. The molecule has 10 nitrogen and oxygen atoms in total. The number of hydrogen-bond donors (Lipinski definition) is 1. The predicted molar refractivity (Wildman–Crippen MR) is 126 cm³/mol. The maximum absolute atomic E-state index is 6.36. The second-order valence-electron chi connectivity index (χ2n) is 8.08. The van der Waals surface area contributed by atoms with Crippen molar-refractivity contribution in [3.8, 4) is 11.4 Å². The van der Waals surface area contributed by atoms with E-state index in [1.165, 1.54) is 0 Å². The van der Waals surface area contributed by atoms with Gasteiger partial charge < -0.3 is 15.4 Å². The van der Waals surface area contributed by atoms with Gasteiger partial charge in [-0.1, -0.05) is 36.4 Å². The number of benzene rings is 1. The van der Waals surface area contributed by atoms with Crippen LogP contribution in [-0.2, 0) is 4.74 Å². The fraction of sp³-hybridized carbons (Fsp3) is 0.348. The van der Waals surface area contributed by atoms with Crippen LogP contribution < -0.4 is 5.73 Å². The maximum Gasteiger partial charge on any atom is 0.272 e. The lowest BCUT2D eigenvalue weighted by Crippen LogP contribution is -2.37. The summed E-state index contributed by atoms with van der Waals surface area (Å²) in [6, 6.07) is 11.7. The zero-order chi connectivity index (χ0) is 22.8. The molecule has 33 heavy (non-hydrogen) atoms. The lowest BCUT2D eigenvalue weighted by molar-refractivity contribution is 0.0565. The van der Waals surface area contributed by atoms with Crippen LogP contribution in [0.25, 0.3) is 11.4 Å². The predicted octanol–water partition coefficient (Wildman–Crippen LogP) is 2.47. The second-order valence-corrected chi connectivity index (χ2v) is 8.08. The molecular weight excluding hydrogens is 418 g/mol. The van der Waals surface area contributed by atoms with Gasteiger partial charge in [0.25, 0.3) is 5.95 Å². The minimum Gasteiger partial charge on any atom is -0.378 e. The summed E-state index contributed by atoms with van der Waals surface area (Å²) in [6.45, 7) is 7.02. The first kappa shape index (κ1) is 21.1. The van der Waals surface area contributed by atoms with E-state index >= 15 is 0 Å². The fourth-order valence-corrected chi connectivity index (χ4v) is 4.15. The molecule has 170 valence electrons. The first-order valence-electron chi connectivity index (χ1n) is 11.1. The molecule has 2 N–H and O–H groups in total. The SMILES string of the molecule is Cc1cc(C)n(/C(N)=N/n2c(/N=C3\CCC=C3N3CCOCC3)nnc2-c2ccccc2)n1. The van der Waals surface area contributed by atoms with E-state index in [0.717, 1.165) is 67.5 Å². The Kier molecular flexibility index (Phi) is 5.74. The van der Waals surface area contributed by atoms with E-state index < -0.39 is 0 Å². The van der Waals surface area contributed by atoms with E-state index in [-0.39, 0.29) is 5.96 Å². The van der Waals surface area contributed by atoms with Crippen molar-refractivity contribution < 1.29 is 4.74 Å². The first-order valence-corrected chi connectivity index (χ1v) is 11.1. The number of aliphatic imine (C=N–C) groups is 1. The molecule has 0 spiro atoms. The zero-order valence-electron chi connectivity index (χ0n) is 18.8. The minimum atomic E-state index is 0.217. The van der Waals surface area contributed by atoms with E-state index in [2.05, 4.69) is 31.4 Å². The van der Waals surface area contributed by atoms with Crippen molar-refractivity contribution in [3.63, 3.8) is 0 Å². The zero-order valence-corrected chi connectivity index (χ0v) is 18.8. The van der Waals surface area contributed by atoms with E-state index in [1.807, 2.05) is 50.2 Å². The normalized spacial score (nSPS) is 18.2. The van der Waals surface area contributed by atoms with Gasteiger partial charge in [0.1, 0.15) is 0 Å². The highest BCUT2D eigenvalue weighted by atomic mass is 16.5. The molecule has 1 aliphatic carbocycles. The van der Waals surface area contributed by atoms with Gasteiger partial charge in [-0.25, -0.2) is 9.67 Å². The van der Waals surface area contributed by atoms with Gasteiger partial charge in [-0.05, 0) is 32.8 Å². The molecule has 0 radical (unpaired) electrons. The summed E-state index contributed by atoms with van der Waals surface area (Å²) in [5.41, 5.74) is 11.1. The monoisotopic (exact) mass is 445 g/mol. The standard InChI is InChI=1S/C23H27N9O/c1-16-15-17(2)31(28-16)22(24)29-32-21(18-7-4-3-5-8-18)26-27-23(32)25-19-9-6-10-20(19)30-11-13-33-14-12-30/h3-5,7-8,10,15H,6,9,11-14H2,1-2H3,(H2,24,29)/b25-19+. The van der Waals surface area contributed by atoms with Crippen LogP contribution in [0.5, 0.6) is 0 Å². The van der Waals surface area contributed by atoms with Crippen molar-refractivity contribution in [1.82, 2.24) is 29.6 Å². The van der Waals surface area contributed by atoms with Crippen LogP contribution in [0.15, 0.2) is 58.3 Å². The quantitative estimate of drug-likeness (QED) is 0.488. The summed E-state index contributed by atoms with van der Waals surface area (Å²) in [6.07, 6.45) is 4.02. The van der Waals surface area contributed by atoms with E-state index in [9.17, 15) is 0 Å². The number of aromatic nitrogens is 5. The molecule has 1 aliphatic heterocycles. The Morgan fingerprint density at radius 1 is 1.09 bits per heavy atom. The molecule has 2 aliphatic rings. The Morgan fingerprint density at radius 3 is 2.61 bits per heavy atom. The highest BCUT2D eigenvalue weighted by Crippen LogP contribution is 2.26. The third-order valence-corrected chi connectivity index (χ3v) is 5.69. The van der Waals surface area contributed by atoms with Gasteiger partial charge in [-0.3, -0.25) is 0 Å². The fourth-order valence-electron chi connectivity index (χ4n) is 4.15. The molecular formula is C23H27N9O. The molecule has 0 bridgehead atoms. The van der Waals surface area contributed by atoms with Crippen LogP contribution in [0.1, 0.15) is 24.2 Å². The number of aryl methyl sites for hydroxylation is 2. The Morgan fingerprint density at radius 2 is 1.88 bits per heavy atom. The topological polar surface area (TPSA) is 112 Å². The molecule has 0 atom stereocenters. The van der Waals surface area contributed by atoms with Gasteiger partial charge in [0.2, 0.25) is 5.96 Å². The lowest BCUT2D eigenvalue weighted by atomic mass is 10.2. The van der Waals surface area contributed by atoms with Gasteiger partial charge in [0.05, 0.1) is 30.3 Å². The molecule has 3 heterocycles. The van der Waals surface area contributed by atoms with Gasteiger partial charge in [0, 0.05) is 24.3 Å². The summed E-state index contributed by atoms with van der Waals surface area (Å²) in [4.78, 5) is 7.22. The number of nitrogens with zero attached hydrogens (tertiary/aromatic N) is 8. The largest absolute Gasteiger partial charge is 0.378 e. The Bertz CT molecular complexity index is 1230. The van der Waals surface area contributed by atoms with Crippen LogP contribution in [0, 0.1) is 13.8 Å². The molecule has 1 fully saturated rings. The van der Waals surface area contributed by atoms with Crippen LogP contribution in [0.4, 0.5) is 5.95 Å². The number of ether oxygens (including phenoxy) is 1. The summed E-state index contributed by atoms with van der Waals surface area (Å²) in [7, 11) is 0. The van der Waals surface area contributed by atoms with Crippen molar-refractivity contribution in [3.05, 3.63) is 59.6 Å². The molecule has 5 rings (SSSR count). The summed E-state index contributed by atoms with van der Waals surface area (Å²) < 4.78 is 8.71. The lowest BCUT2D eigenvalue weighted by Gasteiger charge is -2.30. The minimum absolute atomic E-state index is 0.217. The summed E-state index contributed by atoms with van der Waals surface area (Å²) in [5, 5.41) is 17.9. The van der Waals surface area contributed by atoms with Gasteiger partial charge in [0.15, 0.2) is 5.82 Å². The van der Waals surface area contributed by atoms with Crippen molar-refractivity contribution in [2.24, 2.45) is 15.8 Å². The Labute approximate surface area is 192 Å². The van der Waals surface area contributed by atoms with Crippen molar-refractivity contribution in [2.75, 3.05) is 26.3 Å². The average molecular weight is 446 g/mol. The number of rotatable bonds is 4. The van der Waals surface area contributed by atoms with Crippen LogP contribution >= 0.6 is 0 Å². The van der Waals surface area contributed by atoms with Crippen LogP contribution in [-0.4, -0.2) is 67.5 Å². The first-order chi connectivity index (χ1) is 16.1. The summed E-state index contributed by atoms with van der Waals surface area (Å²) in [5.74, 6) is 1.16. The maximum atomic E-state index is 6.36. The van der Waals surface area contributed by atoms with Crippen molar-refractivity contribution in [2.45, 2.75) is 26.7 Å². The van der Waals surface area contributed by atoms with Crippen LogP contribution in [0.3, 0.4) is 0 Å². The van der Waals surface area contributed by atoms with Gasteiger partial charge >= 0.3 is 0 Å². The van der Waals surface area contributed by atoms with Crippen molar-refractivity contribution in [1.29, 1.82) is 0 Å². The number of nitrogens with two attached hydrogens (primary N) is 1. The highest BCUT2D eigenvalue weighted by Gasteiger charge is 2.23. The molecule has 0 amide bonds. The third-order valence-electron chi connectivity index (χ3n) is 5.69. The molecule has 0 unspecified atom stereocenters. The molecule has 0 saturated carbocycles. The van der Waals surface area contributed by atoms with E-state index in [1.54, 1.807) is 9.36 Å². The molecule has 3 aromatic rings. The Balaban J connectivity index is 1.57. The number of hydrogen-bond acceptors (Lipinski definition) is 7. The number of morpholine rings is 1. The molecule has 2 aromatic heterocycles. The molecule has 1 aromatic carbocycles. The van der Waals surface area contributed by atoms with Crippen molar-refractivity contribution >= 4 is 17.6 Å². The third kappa shape index (κ3) is 4.29. The van der Waals surface area contributed by atoms with Crippen LogP contribution in [0.2, 0.25) is 0 Å². The molecule has 1 saturated heterocycles. The second kappa shape index (κ2) is 8.99. The summed E-state index contributed by atoms with van der Waals surface area (Å²) >= 11 is 0. The Hall–Kier alpha value is -3.79. The highest BCUT2D eigenvalue weighted by molar-refractivity contribution is 6.02. The molecule has 10 heteroatoms. The number of allylic oxidation sites excluding steroid dienone is 2.